The molecule has 2 aromatic carbocycles. The average molecular weight is 421 g/mol. The van der Waals surface area contributed by atoms with E-state index in [1.807, 2.05) is 38.1 Å². The van der Waals surface area contributed by atoms with Gasteiger partial charge in [0, 0.05) is 12.6 Å². The number of nitrogens with one attached hydrogen (secondary N) is 1. The largest absolute Gasteiger partial charge is 0.352 e. The van der Waals surface area contributed by atoms with Gasteiger partial charge < -0.3 is 10.2 Å². The van der Waals surface area contributed by atoms with Gasteiger partial charge in [0.2, 0.25) is 11.8 Å². The summed E-state index contributed by atoms with van der Waals surface area (Å²) in [7, 11) is 0. The van der Waals surface area contributed by atoms with Crippen molar-refractivity contribution in [2.45, 2.75) is 84.8 Å². The molecule has 0 aliphatic heterocycles. The van der Waals surface area contributed by atoms with Gasteiger partial charge in [-0.1, -0.05) is 67.3 Å². The molecular formula is C27H36N2O2. The van der Waals surface area contributed by atoms with Gasteiger partial charge in [-0.3, -0.25) is 9.59 Å². The van der Waals surface area contributed by atoms with Gasteiger partial charge in [-0.25, -0.2) is 0 Å². The minimum absolute atomic E-state index is 0.0175. The maximum absolute atomic E-state index is 13.4. The first-order chi connectivity index (χ1) is 14.8. The zero-order chi connectivity index (χ0) is 22.4. The van der Waals surface area contributed by atoms with Crippen LogP contribution in [0.4, 0.5) is 0 Å². The molecule has 2 amide bonds. The Morgan fingerprint density at radius 1 is 0.968 bits per heavy atom. The molecule has 1 N–H and O–H groups in total. The molecular weight excluding hydrogens is 384 g/mol. The van der Waals surface area contributed by atoms with Crippen molar-refractivity contribution in [1.29, 1.82) is 0 Å². The zero-order valence-electron chi connectivity index (χ0n) is 19.4. The minimum Gasteiger partial charge on any atom is -0.352 e. The summed E-state index contributed by atoms with van der Waals surface area (Å²) in [5.41, 5.74) is 5.58. The molecule has 3 rings (SSSR count). The lowest BCUT2D eigenvalue weighted by molar-refractivity contribution is -0.140. The van der Waals surface area contributed by atoms with Gasteiger partial charge >= 0.3 is 0 Å². The lowest BCUT2D eigenvalue weighted by Crippen LogP contribution is -2.50. The standard InChI is InChI=1S/C27H36N2O2/c1-19-9-8-10-24(15-19)18-29(22(4)27(31)28-25-11-6-5-7-12-25)26(30)17-23-14-13-20(2)21(3)16-23/h8-10,13-16,22,25H,5-7,11-12,17-18H2,1-4H3,(H,28,31)/t22-/m1/s1. The Morgan fingerprint density at radius 3 is 2.39 bits per heavy atom. The van der Waals surface area contributed by atoms with Crippen molar-refractivity contribution in [2.24, 2.45) is 0 Å². The Hall–Kier alpha value is -2.62. The maximum Gasteiger partial charge on any atom is 0.242 e. The highest BCUT2D eigenvalue weighted by molar-refractivity contribution is 5.88. The van der Waals surface area contributed by atoms with Crippen LogP contribution in [0.3, 0.4) is 0 Å². The van der Waals surface area contributed by atoms with Gasteiger partial charge in [0.25, 0.3) is 0 Å². The lowest BCUT2D eigenvalue weighted by atomic mass is 9.95. The van der Waals surface area contributed by atoms with Crippen LogP contribution in [0, 0.1) is 20.8 Å². The second-order valence-corrected chi connectivity index (χ2v) is 9.13. The van der Waals surface area contributed by atoms with E-state index in [0.29, 0.717) is 13.0 Å². The number of aryl methyl sites for hydroxylation is 3. The first-order valence-corrected chi connectivity index (χ1v) is 11.5. The van der Waals surface area contributed by atoms with E-state index >= 15 is 0 Å². The Morgan fingerprint density at radius 2 is 1.71 bits per heavy atom. The summed E-state index contributed by atoms with van der Waals surface area (Å²) in [5.74, 6) is -0.0657. The number of benzene rings is 2. The quantitative estimate of drug-likeness (QED) is 0.684. The van der Waals surface area contributed by atoms with E-state index in [1.165, 1.54) is 17.5 Å². The van der Waals surface area contributed by atoms with Crippen molar-refractivity contribution >= 4 is 11.8 Å². The fourth-order valence-corrected chi connectivity index (χ4v) is 4.35. The van der Waals surface area contributed by atoms with Crippen molar-refractivity contribution in [3.63, 3.8) is 0 Å². The minimum atomic E-state index is -0.513. The molecule has 2 aromatic rings. The normalized spacial score (nSPS) is 15.4. The van der Waals surface area contributed by atoms with E-state index in [1.54, 1.807) is 4.90 Å². The molecule has 1 aliphatic rings. The monoisotopic (exact) mass is 420 g/mol. The molecule has 166 valence electrons. The van der Waals surface area contributed by atoms with Crippen LogP contribution in [0.15, 0.2) is 42.5 Å². The number of hydrogen-bond acceptors (Lipinski definition) is 2. The molecule has 1 aliphatic carbocycles. The number of nitrogens with zero attached hydrogens (tertiary/aromatic N) is 1. The van der Waals surface area contributed by atoms with Gasteiger partial charge in [0.05, 0.1) is 6.42 Å². The summed E-state index contributed by atoms with van der Waals surface area (Å²) in [5, 5.41) is 3.20. The van der Waals surface area contributed by atoms with Crippen LogP contribution < -0.4 is 5.32 Å². The van der Waals surface area contributed by atoms with Crippen molar-refractivity contribution in [2.75, 3.05) is 0 Å². The molecule has 4 nitrogen and oxygen atoms in total. The number of hydrogen-bond donors (Lipinski definition) is 1. The number of carbonyl (C=O) groups excluding carboxylic acids is 2. The summed E-state index contributed by atoms with van der Waals surface area (Å²) in [6.07, 6.45) is 5.94. The van der Waals surface area contributed by atoms with E-state index in [0.717, 1.165) is 42.4 Å². The first-order valence-electron chi connectivity index (χ1n) is 11.5. The van der Waals surface area contributed by atoms with Crippen LogP contribution in [-0.2, 0) is 22.6 Å². The Kier molecular flexibility index (Phi) is 7.89. The highest BCUT2D eigenvalue weighted by atomic mass is 16.2. The summed E-state index contributed by atoms with van der Waals surface area (Å²) >= 11 is 0. The van der Waals surface area contributed by atoms with Crippen LogP contribution in [0.25, 0.3) is 0 Å². The van der Waals surface area contributed by atoms with E-state index in [-0.39, 0.29) is 17.9 Å². The van der Waals surface area contributed by atoms with Gasteiger partial charge in [0.15, 0.2) is 0 Å². The molecule has 0 bridgehead atoms. The summed E-state index contributed by atoms with van der Waals surface area (Å²) in [6.45, 7) is 8.47. The molecule has 1 atom stereocenters. The van der Waals surface area contributed by atoms with Crippen molar-refractivity contribution < 1.29 is 9.59 Å². The maximum atomic E-state index is 13.4. The van der Waals surface area contributed by atoms with Crippen molar-refractivity contribution in [3.8, 4) is 0 Å². The molecule has 0 spiro atoms. The van der Waals surface area contributed by atoms with Gasteiger partial charge in [-0.15, -0.1) is 0 Å². The number of amides is 2. The third kappa shape index (κ3) is 6.43. The first kappa shape index (κ1) is 23.1. The van der Waals surface area contributed by atoms with Gasteiger partial charge in [-0.05, 0) is 62.8 Å². The predicted molar refractivity (Wildman–Crippen MR) is 126 cm³/mol. The predicted octanol–water partition coefficient (Wildman–Crippen LogP) is 5.02. The van der Waals surface area contributed by atoms with Gasteiger partial charge in [0.1, 0.15) is 6.04 Å². The number of carbonyl (C=O) groups is 2. The van der Waals surface area contributed by atoms with E-state index in [2.05, 4.69) is 37.4 Å². The smallest absolute Gasteiger partial charge is 0.242 e. The SMILES string of the molecule is Cc1cccc(CN(C(=O)Cc2ccc(C)c(C)c2)[C@H](C)C(=O)NC2CCCCC2)c1. The van der Waals surface area contributed by atoms with Crippen LogP contribution in [-0.4, -0.2) is 28.8 Å². The second-order valence-electron chi connectivity index (χ2n) is 9.13. The second kappa shape index (κ2) is 10.6. The molecule has 1 fully saturated rings. The summed E-state index contributed by atoms with van der Waals surface area (Å²) in [4.78, 5) is 28.2. The fourth-order valence-electron chi connectivity index (χ4n) is 4.35. The van der Waals surface area contributed by atoms with Crippen molar-refractivity contribution in [1.82, 2.24) is 10.2 Å². The summed E-state index contributed by atoms with van der Waals surface area (Å²) < 4.78 is 0. The van der Waals surface area contributed by atoms with Crippen LogP contribution in [0.5, 0.6) is 0 Å². The number of rotatable bonds is 7. The molecule has 0 radical (unpaired) electrons. The molecule has 1 saturated carbocycles. The van der Waals surface area contributed by atoms with E-state index in [4.69, 9.17) is 0 Å². The van der Waals surface area contributed by atoms with E-state index in [9.17, 15) is 9.59 Å². The lowest BCUT2D eigenvalue weighted by Gasteiger charge is -2.31. The van der Waals surface area contributed by atoms with Crippen LogP contribution >= 0.6 is 0 Å². The zero-order valence-corrected chi connectivity index (χ0v) is 19.4. The van der Waals surface area contributed by atoms with Crippen LogP contribution in [0.1, 0.15) is 66.8 Å². The fraction of sp³-hybridized carbons (Fsp3) is 0.481. The third-order valence-corrected chi connectivity index (χ3v) is 6.48. The highest BCUT2D eigenvalue weighted by Gasteiger charge is 2.28. The molecule has 31 heavy (non-hydrogen) atoms. The average Bonchev–Trinajstić information content (AvgIpc) is 2.75. The molecule has 0 saturated heterocycles. The summed E-state index contributed by atoms with van der Waals surface area (Å²) in [6, 6.07) is 14.0. The highest BCUT2D eigenvalue weighted by Crippen LogP contribution is 2.19. The molecule has 0 unspecified atom stereocenters. The Balaban J connectivity index is 1.77. The molecule has 4 heteroatoms. The van der Waals surface area contributed by atoms with Crippen molar-refractivity contribution in [3.05, 3.63) is 70.3 Å². The third-order valence-electron chi connectivity index (χ3n) is 6.48. The Labute approximate surface area is 187 Å². The van der Waals surface area contributed by atoms with Crippen LogP contribution in [0.2, 0.25) is 0 Å². The van der Waals surface area contributed by atoms with Gasteiger partial charge in [-0.2, -0.15) is 0 Å². The Bertz CT molecular complexity index is 915. The van der Waals surface area contributed by atoms with E-state index < -0.39 is 6.04 Å². The topological polar surface area (TPSA) is 49.4 Å². The molecule has 0 heterocycles. The molecule has 0 aromatic heterocycles.